The molecule has 0 fully saturated rings. The number of hydrogen-bond donors (Lipinski definition) is 1. The van der Waals surface area contributed by atoms with Gasteiger partial charge in [0.15, 0.2) is 5.78 Å². The van der Waals surface area contributed by atoms with Crippen molar-refractivity contribution in [2.24, 2.45) is 0 Å². The molecule has 0 aliphatic heterocycles. The molecule has 1 N–H and O–H groups in total. The molecule has 0 atom stereocenters. The third kappa shape index (κ3) is 4.51. The summed E-state index contributed by atoms with van der Waals surface area (Å²) in [4.78, 5) is 24.8. The minimum absolute atomic E-state index is 0.0162. The van der Waals surface area contributed by atoms with Gasteiger partial charge in [0.2, 0.25) is 0 Å². The number of carboxylic acid groups (broad SMARTS) is 1. The van der Waals surface area contributed by atoms with E-state index < -0.39 is 5.97 Å². The highest BCUT2D eigenvalue weighted by atomic mass is 16.4. The van der Waals surface area contributed by atoms with E-state index in [9.17, 15) is 14.7 Å². The van der Waals surface area contributed by atoms with Crippen LogP contribution in [-0.2, 0) is 10.8 Å². The Morgan fingerprint density at radius 1 is 0.622 bits per heavy atom. The van der Waals surface area contributed by atoms with Crippen molar-refractivity contribution < 1.29 is 14.7 Å². The average molecular weight is 489 g/mol. The molecule has 0 saturated carbocycles. The lowest BCUT2D eigenvalue weighted by atomic mass is 9.62. The van der Waals surface area contributed by atoms with Gasteiger partial charge in [0.25, 0.3) is 0 Å². The molecule has 5 rings (SSSR count). The Morgan fingerprint density at radius 3 is 1.59 bits per heavy atom. The highest BCUT2D eigenvalue weighted by Gasteiger charge is 2.38. The van der Waals surface area contributed by atoms with Gasteiger partial charge < -0.3 is 5.11 Å². The van der Waals surface area contributed by atoms with Gasteiger partial charge in [0.05, 0.1) is 5.56 Å². The number of fused-ring (bicyclic) bond motifs is 1. The van der Waals surface area contributed by atoms with Crippen molar-refractivity contribution in [3.63, 3.8) is 0 Å². The molecular formula is C34H32O3. The van der Waals surface area contributed by atoms with Crippen LogP contribution in [-0.4, -0.2) is 16.9 Å². The van der Waals surface area contributed by atoms with Crippen LogP contribution in [0.2, 0.25) is 0 Å². The molecular weight excluding hydrogens is 456 g/mol. The molecule has 186 valence electrons. The van der Waals surface area contributed by atoms with Crippen LogP contribution in [0.25, 0.3) is 22.3 Å². The first kappa shape index (κ1) is 24.7. The lowest BCUT2D eigenvalue weighted by molar-refractivity contribution is 0.0692. The van der Waals surface area contributed by atoms with Gasteiger partial charge in [-0.3, -0.25) is 4.79 Å². The van der Waals surface area contributed by atoms with Gasteiger partial charge in [0.1, 0.15) is 0 Å². The number of carbonyl (C=O) groups excluding carboxylic acids is 1. The SMILES string of the molecule is CC1(C)CCC(C)(C)c2cc(-c3ccc(C(=O)c4ccccc4C(=O)O)cc3)c(-c3ccccc3)cc21. The predicted molar refractivity (Wildman–Crippen MR) is 149 cm³/mol. The largest absolute Gasteiger partial charge is 0.478 e. The minimum Gasteiger partial charge on any atom is -0.478 e. The number of carbonyl (C=O) groups is 2. The number of carboxylic acids is 1. The molecule has 1 aliphatic rings. The summed E-state index contributed by atoms with van der Waals surface area (Å²) in [7, 11) is 0. The number of rotatable bonds is 5. The topological polar surface area (TPSA) is 54.4 Å². The number of ketones is 1. The number of aromatic carboxylic acids is 1. The van der Waals surface area contributed by atoms with Gasteiger partial charge in [-0.15, -0.1) is 0 Å². The fraction of sp³-hybridized carbons (Fsp3) is 0.235. The summed E-state index contributed by atoms with van der Waals surface area (Å²) in [5.74, 6) is -1.39. The van der Waals surface area contributed by atoms with Crippen LogP contribution in [0.1, 0.15) is 77.9 Å². The van der Waals surface area contributed by atoms with Gasteiger partial charge in [0, 0.05) is 11.1 Å². The fourth-order valence-corrected chi connectivity index (χ4v) is 5.53. The van der Waals surface area contributed by atoms with Gasteiger partial charge in [-0.25, -0.2) is 4.79 Å². The van der Waals surface area contributed by atoms with E-state index in [4.69, 9.17) is 0 Å². The van der Waals surface area contributed by atoms with Gasteiger partial charge in [-0.1, -0.05) is 100 Å². The minimum atomic E-state index is -1.10. The third-order valence-electron chi connectivity index (χ3n) is 7.94. The molecule has 37 heavy (non-hydrogen) atoms. The Kier molecular flexibility index (Phi) is 6.11. The van der Waals surface area contributed by atoms with Crippen LogP contribution >= 0.6 is 0 Å². The Labute approximate surface area is 218 Å². The summed E-state index contributed by atoms with van der Waals surface area (Å²) in [5.41, 5.74) is 8.16. The zero-order valence-corrected chi connectivity index (χ0v) is 21.8. The highest BCUT2D eigenvalue weighted by molar-refractivity contribution is 6.14. The fourth-order valence-electron chi connectivity index (χ4n) is 5.53. The number of hydrogen-bond acceptors (Lipinski definition) is 2. The second-order valence-electron chi connectivity index (χ2n) is 11.3. The van der Waals surface area contributed by atoms with E-state index in [0.717, 1.165) is 29.5 Å². The lowest BCUT2D eigenvalue weighted by Crippen LogP contribution is -2.34. The van der Waals surface area contributed by atoms with E-state index >= 15 is 0 Å². The van der Waals surface area contributed by atoms with Gasteiger partial charge in [-0.2, -0.15) is 0 Å². The van der Waals surface area contributed by atoms with E-state index in [1.807, 2.05) is 18.2 Å². The summed E-state index contributed by atoms with van der Waals surface area (Å²) in [6.45, 7) is 9.33. The maximum atomic E-state index is 13.2. The smallest absolute Gasteiger partial charge is 0.336 e. The van der Waals surface area contributed by atoms with Crippen LogP contribution in [0.15, 0.2) is 91.0 Å². The molecule has 0 saturated heterocycles. The van der Waals surface area contributed by atoms with E-state index in [0.29, 0.717) is 5.56 Å². The lowest BCUT2D eigenvalue weighted by Gasteiger charge is -2.42. The van der Waals surface area contributed by atoms with E-state index in [1.165, 1.54) is 22.8 Å². The molecule has 4 aromatic rings. The summed E-state index contributed by atoms with van der Waals surface area (Å²) in [5, 5.41) is 9.52. The number of benzene rings is 4. The second kappa shape index (κ2) is 9.15. The standard InChI is InChI=1S/C34H32O3/c1-33(2)18-19-34(3,4)30-21-28(27(20-29(30)33)22-10-6-5-7-11-22)23-14-16-24(17-15-23)31(35)25-12-8-9-13-26(25)32(36)37/h5-17,20-21H,18-19H2,1-4H3,(H,36,37). The first-order chi connectivity index (χ1) is 17.6. The van der Waals surface area contributed by atoms with Crippen LogP contribution < -0.4 is 0 Å². The molecule has 3 heteroatoms. The first-order valence-electron chi connectivity index (χ1n) is 12.8. The van der Waals surface area contributed by atoms with E-state index in [1.54, 1.807) is 30.3 Å². The zero-order valence-electron chi connectivity index (χ0n) is 21.8. The average Bonchev–Trinajstić information content (AvgIpc) is 2.91. The Bertz CT molecular complexity index is 1490. The van der Waals surface area contributed by atoms with Crippen molar-refractivity contribution in [1.29, 1.82) is 0 Å². The molecule has 0 bridgehead atoms. The van der Waals surface area contributed by atoms with Crippen molar-refractivity contribution in [3.05, 3.63) is 119 Å². The molecule has 0 heterocycles. The summed E-state index contributed by atoms with van der Waals surface area (Å²) >= 11 is 0. The predicted octanol–water partition coefficient (Wildman–Crippen LogP) is 8.30. The van der Waals surface area contributed by atoms with Crippen molar-refractivity contribution in [3.8, 4) is 22.3 Å². The van der Waals surface area contributed by atoms with Crippen LogP contribution in [0, 0.1) is 0 Å². The first-order valence-corrected chi connectivity index (χ1v) is 12.8. The molecule has 4 aromatic carbocycles. The third-order valence-corrected chi connectivity index (χ3v) is 7.94. The molecule has 0 amide bonds. The second-order valence-corrected chi connectivity index (χ2v) is 11.3. The Balaban J connectivity index is 1.64. The monoisotopic (exact) mass is 488 g/mol. The summed E-state index contributed by atoms with van der Waals surface area (Å²) in [6, 6.07) is 29.1. The Morgan fingerprint density at radius 2 is 1.08 bits per heavy atom. The molecule has 3 nitrogen and oxygen atoms in total. The van der Waals surface area contributed by atoms with Gasteiger partial charge >= 0.3 is 5.97 Å². The Hall–Kier alpha value is -3.98. The maximum absolute atomic E-state index is 13.2. The molecule has 0 aromatic heterocycles. The molecule has 0 spiro atoms. The van der Waals surface area contributed by atoms with Crippen molar-refractivity contribution in [2.75, 3.05) is 0 Å². The van der Waals surface area contributed by atoms with Crippen molar-refractivity contribution in [1.82, 2.24) is 0 Å². The van der Waals surface area contributed by atoms with Crippen LogP contribution in [0.3, 0.4) is 0 Å². The zero-order chi connectivity index (χ0) is 26.4. The molecule has 1 aliphatic carbocycles. The quantitative estimate of drug-likeness (QED) is 0.287. The summed E-state index contributed by atoms with van der Waals surface area (Å²) in [6.07, 6.45) is 2.28. The normalized spacial score (nSPS) is 15.6. The van der Waals surface area contributed by atoms with Crippen molar-refractivity contribution >= 4 is 11.8 Å². The van der Waals surface area contributed by atoms with Crippen molar-refractivity contribution in [2.45, 2.75) is 51.4 Å². The van der Waals surface area contributed by atoms with E-state index in [-0.39, 0.29) is 27.7 Å². The highest BCUT2D eigenvalue weighted by Crippen LogP contribution is 2.49. The molecule has 0 radical (unpaired) electrons. The van der Waals surface area contributed by atoms with Gasteiger partial charge in [-0.05, 0) is 75.3 Å². The molecule has 0 unspecified atom stereocenters. The van der Waals surface area contributed by atoms with Crippen LogP contribution in [0.5, 0.6) is 0 Å². The maximum Gasteiger partial charge on any atom is 0.336 e. The van der Waals surface area contributed by atoms with E-state index in [2.05, 4.69) is 64.1 Å². The van der Waals surface area contributed by atoms with Crippen LogP contribution in [0.4, 0.5) is 0 Å². The summed E-state index contributed by atoms with van der Waals surface area (Å²) < 4.78 is 0.